The Morgan fingerprint density at radius 3 is 2.48 bits per heavy atom. The molecule has 6 nitrogen and oxygen atoms in total. The van der Waals surface area contributed by atoms with Crippen molar-refractivity contribution in [3.63, 3.8) is 0 Å². The molecule has 2 aromatic rings. The summed E-state index contributed by atoms with van der Waals surface area (Å²) in [5.74, 6) is 0.128. The van der Waals surface area contributed by atoms with E-state index in [0.717, 1.165) is 12.1 Å². The molecule has 0 aliphatic carbocycles. The minimum Gasteiger partial charge on any atom is -0.495 e. The topological polar surface area (TPSA) is 75.7 Å². The van der Waals surface area contributed by atoms with Crippen LogP contribution in [0.2, 0.25) is 5.02 Å². The number of sulfonamides is 1. The van der Waals surface area contributed by atoms with Crippen LogP contribution in [0, 0.1) is 0 Å². The number of ether oxygens (including phenoxy) is 1. The van der Waals surface area contributed by atoms with Crippen molar-refractivity contribution in [2.24, 2.45) is 0 Å². The van der Waals surface area contributed by atoms with Crippen LogP contribution in [0.15, 0.2) is 41.3 Å². The number of hydrogen-bond donors (Lipinski definition) is 1. The SMILES string of the molecule is COc1ccc(S(=O)(=O)Nc2cc(C(F)(F)F)ccc2Cl)cc1N1CCCC1=O. The van der Waals surface area contributed by atoms with Crippen LogP contribution in [0.5, 0.6) is 5.75 Å². The fraction of sp³-hybridized carbons (Fsp3) is 0.278. The molecule has 1 aliphatic heterocycles. The van der Waals surface area contributed by atoms with E-state index in [1.54, 1.807) is 0 Å². The second-order valence-corrected chi connectivity index (χ2v) is 8.37. The van der Waals surface area contributed by atoms with Gasteiger partial charge in [-0.15, -0.1) is 0 Å². The van der Waals surface area contributed by atoms with Crippen molar-refractivity contribution >= 4 is 38.9 Å². The van der Waals surface area contributed by atoms with Gasteiger partial charge in [-0.25, -0.2) is 8.42 Å². The maximum absolute atomic E-state index is 12.9. The first-order valence-corrected chi connectivity index (χ1v) is 10.3. The molecule has 1 aliphatic rings. The Hall–Kier alpha value is -2.46. The van der Waals surface area contributed by atoms with Gasteiger partial charge in [-0.3, -0.25) is 9.52 Å². The van der Waals surface area contributed by atoms with Crippen LogP contribution in [0.3, 0.4) is 0 Å². The summed E-state index contributed by atoms with van der Waals surface area (Å²) in [5, 5.41) is -0.190. The average molecular weight is 449 g/mol. The van der Waals surface area contributed by atoms with E-state index in [0.29, 0.717) is 31.2 Å². The number of nitrogens with zero attached hydrogens (tertiary/aromatic N) is 1. The highest BCUT2D eigenvalue weighted by molar-refractivity contribution is 7.92. The van der Waals surface area contributed by atoms with Crippen molar-refractivity contribution in [2.75, 3.05) is 23.3 Å². The monoisotopic (exact) mass is 448 g/mol. The van der Waals surface area contributed by atoms with Crippen molar-refractivity contribution in [2.45, 2.75) is 23.9 Å². The van der Waals surface area contributed by atoms with Crippen molar-refractivity contribution < 1.29 is 31.1 Å². The van der Waals surface area contributed by atoms with Crippen LogP contribution in [-0.2, 0) is 21.0 Å². The molecule has 0 bridgehead atoms. The first-order chi connectivity index (χ1) is 13.5. The molecule has 3 rings (SSSR count). The highest BCUT2D eigenvalue weighted by Crippen LogP contribution is 2.36. The lowest BCUT2D eigenvalue weighted by Gasteiger charge is -2.20. The number of carbonyl (C=O) groups is 1. The van der Waals surface area contributed by atoms with Gasteiger partial charge in [0.25, 0.3) is 10.0 Å². The van der Waals surface area contributed by atoms with Crippen LogP contribution >= 0.6 is 11.6 Å². The molecule has 1 saturated heterocycles. The van der Waals surface area contributed by atoms with Gasteiger partial charge in [0.05, 0.1) is 34.0 Å². The summed E-state index contributed by atoms with van der Waals surface area (Å²) in [6.07, 6.45) is -3.70. The highest BCUT2D eigenvalue weighted by Gasteiger charge is 2.32. The number of carbonyl (C=O) groups excluding carboxylic acids is 1. The predicted molar refractivity (Wildman–Crippen MR) is 102 cm³/mol. The summed E-state index contributed by atoms with van der Waals surface area (Å²) in [4.78, 5) is 13.2. The van der Waals surface area contributed by atoms with E-state index in [1.165, 1.54) is 30.2 Å². The lowest BCUT2D eigenvalue weighted by molar-refractivity contribution is -0.137. The summed E-state index contributed by atoms with van der Waals surface area (Å²) < 4.78 is 71.6. The van der Waals surface area contributed by atoms with Crippen LogP contribution < -0.4 is 14.4 Å². The largest absolute Gasteiger partial charge is 0.495 e. The lowest BCUT2D eigenvalue weighted by atomic mass is 10.2. The van der Waals surface area contributed by atoms with Gasteiger partial charge in [0, 0.05) is 13.0 Å². The Kier molecular flexibility index (Phi) is 5.68. The number of methoxy groups -OCH3 is 1. The Bertz CT molecular complexity index is 1060. The fourth-order valence-electron chi connectivity index (χ4n) is 2.93. The second kappa shape index (κ2) is 7.75. The Morgan fingerprint density at radius 2 is 1.90 bits per heavy atom. The number of amides is 1. The van der Waals surface area contributed by atoms with Crippen molar-refractivity contribution in [1.82, 2.24) is 0 Å². The summed E-state index contributed by atoms with van der Waals surface area (Å²) >= 11 is 5.87. The summed E-state index contributed by atoms with van der Waals surface area (Å²) in [6.45, 7) is 0.408. The van der Waals surface area contributed by atoms with E-state index in [4.69, 9.17) is 16.3 Å². The van der Waals surface area contributed by atoms with Gasteiger partial charge < -0.3 is 9.64 Å². The molecule has 0 radical (unpaired) electrons. The van der Waals surface area contributed by atoms with E-state index in [9.17, 15) is 26.4 Å². The first kappa shape index (κ1) is 21.3. The maximum atomic E-state index is 12.9. The van der Waals surface area contributed by atoms with Gasteiger partial charge in [-0.1, -0.05) is 11.6 Å². The van der Waals surface area contributed by atoms with E-state index in [1.807, 2.05) is 0 Å². The van der Waals surface area contributed by atoms with Gasteiger partial charge in [-0.05, 0) is 42.8 Å². The number of rotatable bonds is 5. The highest BCUT2D eigenvalue weighted by atomic mass is 35.5. The Labute approximate surface area is 170 Å². The standard InChI is InChI=1S/C18H16ClF3N2O4S/c1-28-16-7-5-12(10-15(16)24-8-2-3-17(24)25)29(26,27)23-14-9-11(18(20,21)22)4-6-13(14)19/h4-7,9-10,23H,2-3,8H2,1H3. The third-order valence-corrected chi connectivity index (χ3v) is 6.06. The molecular weight excluding hydrogens is 433 g/mol. The molecule has 1 fully saturated rings. The summed E-state index contributed by atoms with van der Waals surface area (Å²) in [6, 6.07) is 6.19. The third kappa shape index (κ3) is 4.43. The van der Waals surface area contributed by atoms with Gasteiger partial charge in [-0.2, -0.15) is 13.2 Å². The van der Waals surface area contributed by atoms with Gasteiger partial charge in [0.1, 0.15) is 5.75 Å². The molecule has 0 atom stereocenters. The molecule has 0 unspecified atom stereocenters. The van der Waals surface area contributed by atoms with E-state index in [-0.39, 0.29) is 21.5 Å². The quantitative estimate of drug-likeness (QED) is 0.740. The molecule has 0 aromatic heterocycles. The van der Waals surface area contributed by atoms with Crippen LogP contribution in [0.1, 0.15) is 18.4 Å². The number of halogens is 4. The molecule has 0 saturated carbocycles. The van der Waals surface area contributed by atoms with Gasteiger partial charge >= 0.3 is 6.18 Å². The van der Waals surface area contributed by atoms with Crippen molar-refractivity contribution in [1.29, 1.82) is 0 Å². The Balaban J connectivity index is 1.99. The second-order valence-electron chi connectivity index (χ2n) is 6.28. The summed E-state index contributed by atoms with van der Waals surface area (Å²) in [5.41, 5.74) is -1.18. The zero-order valence-corrected chi connectivity index (χ0v) is 16.7. The molecule has 29 heavy (non-hydrogen) atoms. The maximum Gasteiger partial charge on any atom is 0.416 e. The number of benzene rings is 2. The van der Waals surface area contributed by atoms with Crippen LogP contribution in [0.25, 0.3) is 0 Å². The molecule has 1 heterocycles. The zero-order valence-electron chi connectivity index (χ0n) is 15.1. The van der Waals surface area contributed by atoms with Gasteiger partial charge in [0.2, 0.25) is 5.91 Å². The fourth-order valence-corrected chi connectivity index (χ4v) is 4.25. The van der Waals surface area contributed by atoms with Crippen LogP contribution in [-0.4, -0.2) is 28.0 Å². The van der Waals surface area contributed by atoms with Gasteiger partial charge in [0.15, 0.2) is 0 Å². The van der Waals surface area contributed by atoms with Crippen molar-refractivity contribution in [3.05, 3.63) is 47.0 Å². The smallest absolute Gasteiger partial charge is 0.416 e. The minimum absolute atomic E-state index is 0.174. The van der Waals surface area contributed by atoms with E-state index < -0.39 is 27.5 Å². The average Bonchev–Trinajstić information content (AvgIpc) is 3.07. The molecule has 2 aromatic carbocycles. The molecule has 156 valence electrons. The number of alkyl halides is 3. The Morgan fingerprint density at radius 1 is 1.17 bits per heavy atom. The lowest BCUT2D eigenvalue weighted by Crippen LogP contribution is -2.25. The minimum atomic E-state index is -4.66. The molecule has 0 spiro atoms. The van der Waals surface area contributed by atoms with Crippen molar-refractivity contribution in [3.8, 4) is 5.75 Å². The van der Waals surface area contributed by atoms with Crippen LogP contribution in [0.4, 0.5) is 24.5 Å². The van der Waals surface area contributed by atoms with E-state index in [2.05, 4.69) is 4.72 Å². The molecule has 11 heteroatoms. The normalized spacial score (nSPS) is 14.9. The zero-order chi connectivity index (χ0) is 21.4. The van der Waals surface area contributed by atoms with E-state index >= 15 is 0 Å². The summed E-state index contributed by atoms with van der Waals surface area (Å²) in [7, 11) is -2.90. The predicted octanol–water partition coefficient (Wildman–Crippen LogP) is 4.30. The third-order valence-electron chi connectivity index (χ3n) is 4.36. The number of hydrogen-bond acceptors (Lipinski definition) is 4. The first-order valence-electron chi connectivity index (χ1n) is 8.41. The molecule has 1 amide bonds. The molecular formula is C18H16ClF3N2O4S. The molecule has 1 N–H and O–H groups in total. The number of nitrogens with one attached hydrogen (secondary N) is 1. The number of anilines is 2.